The fraction of sp³-hybridized carbons (Fsp3) is 0.467. The Morgan fingerprint density at radius 1 is 1.29 bits per heavy atom. The SMILES string of the molecule is COc1cccc(/C=N\NC(=S)NC(C)C)c1OC(C)C. The lowest BCUT2D eigenvalue weighted by Gasteiger charge is -2.15. The van der Waals surface area contributed by atoms with Crippen molar-refractivity contribution in [2.24, 2.45) is 5.10 Å². The van der Waals surface area contributed by atoms with E-state index >= 15 is 0 Å². The van der Waals surface area contributed by atoms with Gasteiger partial charge in [-0.2, -0.15) is 5.10 Å². The largest absolute Gasteiger partial charge is 0.493 e. The summed E-state index contributed by atoms with van der Waals surface area (Å²) in [5.41, 5.74) is 3.60. The molecule has 116 valence electrons. The molecule has 0 aliphatic rings. The molecule has 1 aromatic carbocycles. The monoisotopic (exact) mass is 309 g/mol. The summed E-state index contributed by atoms with van der Waals surface area (Å²) in [4.78, 5) is 0. The fourth-order valence-corrected chi connectivity index (χ4v) is 1.90. The first-order valence-electron chi connectivity index (χ1n) is 6.87. The summed E-state index contributed by atoms with van der Waals surface area (Å²) >= 11 is 5.11. The van der Waals surface area contributed by atoms with E-state index in [-0.39, 0.29) is 12.1 Å². The topological polar surface area (TPSA) is 54.9 Å². The van der Waals surface area contributed by atoms with Gasteiger partial charge in [-0.25, -0.2) is 0 Å². The molecule has 21 heavy (non-hydrogen) atoms. The van der Waals surface area contributed by atoms with E-state index in [1.54, 1.807) is 13.3 Å². The van der Waals surface area contributed by atoms with Crippen LogP contribution in [0.4, 0.5) is 0 Å². The van der Waals surface area contributed by atoms with Crippen LogP contribution in [-0.2, 0) is 0 Å². The Hall–Kier alpha value is -1.82. The summed E-state index contributed by atoms with van der Waals surface area (Å²) in [5, 5.41) is 7.65. The number of para-hydroxylation sites is 1. The molecule has 0 aromatic heterocycles. The highest BCUT2D eigenvalue weighted by Crippen LogP contribution is 2.30. The maximum Gasteiger partial charge on any atom is 0.187 e. The Morgan fingerprint density at radius 2 is 2.00 bits per heavy atom. The van der Waals surface area contributed by atoms with E-state index in [9.17, 15) is 0 Å². The van der Waals surface area contributed by atoms with Crippen LogP contribution in [0.5, 0.6) is 11.5 Å². The van der Waals surface area contributed by atoms with E-state index in [0.717, 1.165) is 5.56 Å². The van der Waals surface area contributed by atoms with Crippen LogP contribution in [0.25, 0.3) is 0 Å². The molecule has 5 nitrogen and oxygen atoms in total. The lowest BCUT2D eigenvalue weighted by atomic mass is 10.2. The van der Waals surface area contributed by atoms with Gasteiger partial charge in [0.25, 0.3) is 0 Å². The third kappa shape index (κ3) is 5.99. The van der Waals surface area contributed by atoms with Crippen LogP contribution < -0.4 is 20.2 Å². The van der Waals surface area contributed by atoms with Crippen LogP contribution in [0, 0.1) is 0 Å². The van der Waals surface area contributed by atoms with Crippen molar-refractivity contribution >= 4 is 23.5 Å². The second kappa shape index (κ2) is 8.46. The lowest BCUT2D eigenvalue weighted by molar-refractivity contribution is 0.230. The van der Waals surface area contributed by atoms with Gasteiger partial charge in [-0.05, 0) is 52.0 Å². The Labute approximate surface area is 131 Å². The maximum absolute atomic E-state index is 5.80. The summed E-state index contributed by atoms with van der Waals surface area (Å²) in [5.74, 6) is 1.35. The minimum Gasteiger partial charge on any atom is -0.493 e. The number of rotatable bonds is 6. The van der Waals surface area contributed by atoms with Gasteiger partial charge in [0.1, 0.15) is 0 Å². The van der Waals surface area contributed by atoms with Crippen molar-refractivity contribution in [2.75, 3.05) is 7.11 Å². The standard InChI is InChI=1S/C15H23N3O2S/c1-10(2)17-15(21)18-16-9-12-7-6-8-13(19-5)14(12)20-11(3)4/h6-11H,1-5H3,(H2,17,18,21)/b16-9-. The number of hydrazone groups is 1. The molecule has 0 heterocycles. The van der Waals surface area contributed by atoms with Crippen molar-refractivity contribution < 1.29 is 9.47 Å². The molecule has 0 saturated heterocycles. The summed E-state index contributed by atoms with van der Waals surface area (Å²) in [6.07, 6.45) is 1.71. The predicted molar refractivity (Wildman–Crippen MR) is 90.4 cm³/mol. The second-order valence-electron chi connectivity index (χ2n) is 5.04. The zero-order valence-electron chi connectivity index (χ0n) is 13.1. The number of nitrogens with one attached hydrogen (secondary N) is 2. The summed E-state index contributed by atoms with van der Waals surface area (Å²) in [6, 6.07) is 5.91. The number of ether oxygens (including phenoxy) is 2. The van der Waals surface area contributed by atoms with Gasteiger partial charge >= 0.3 is 0 Å². The van der Waals surface area contributed by atoms with Gasteiger partial charge in [-0.15, -0.1) is 0 Å². The molecule has 0 aliphatic carbocycles. The van der Waals surface area contributed by atoms with Gasteiger partial charge in [0, 0.05) is 11.6 Å². The number of methoxy groups -OCH3 is 1. The highest BCUT2D eigenvalue weighted by molar-refractivity contribution is 7.80. The highest BCUT2D eigenvalue weighted by atomic mass is 32.1. The van der Waals surface area contributed by atoms with Crippen molar-refractivity contribution in [3.05, 3.63) is 23.8 Å². The van der Waals surface area contributed by atoms with Crippen LogP contribution in [0.15, 0.2) is 23.3 Å². The molecular formula is C15H23N3O2S. The number of hydrogen-bond acceptors (Lipinski definition) is 4. The molecule has 0 radical (unpaired) electrons. The first kappa shape index (κ1) is 17.2. The average Bonchev–Trinajstić information content (AvgIpc) is 2.39. The number of nitrogens with zero attached hydrogens (tertiary/aromatic N) is 1. The van der Waals surface area contributed by atoms with E-state index in [1.807, 2.05) is 45.9 Å². The Bertz CT molecular complexity index is 502. The van der Waals surface area contributed by atoms with Gasteiger partial charge in [0.15, 0.2) is 16.6 Å². The van der Waals surface area contributed by atoms with Crippen molar-refractivity contribution in [1.29, 1.82) is 0 Å². The first-order chi connectivity index (χ1) is 9.93. The van der Waals surface area contributed by atoms with Crippen molar-refractivity contribution in [3.8, 4) is 11.5 Å². The molecule has 0 amide bonds. The highest BCUT2D eigenvalue weighted by Gasteiger charge is 2.10. The molecule has 1 rings (SSSR count). The minimum atomic E-state index is 0.0464. The maximum atomic E-state index is 5.80. The predicted octanol–water partition coefficient (Wildman–Crippen LogP) is 2.69. The smallest absolute Gasteiger partial charge is 0.187 e. The molecule has 0 bridgehead atoms. The zero-order valence-corrected chi connectivity index (χ0v) is 14.0. The Kier molecular flexibility index (Phi) is 6.94. The fourth-order valence-electron chi connectivity index (χ4n) is 1.61. The molecule has 0 atom stereocenters. The lowest BCUT2D eigenvalue weighted by Crippen LogP contribution is -2.36. The third-order valence-electron chi connectivity index (χ3n) is 2.37. The minimum absolute atomic E-state index is 0.0464. The van der Waals surface area contributed by atoms with Gasteiger partial charge in [-0.3, -0.25) is 5.43 Å². The molecule has 1 aromatic rings. The van der Waals surface area contributed by atoms with E-state index in [4.69, 9.17) is 21.7 Å². The summed E-state index contributed by atoms with van der Waals surface area (Å²) in [7, 11) is 1.61. The quantitative estimate of drug-likeness (QED) is 0.481. The van der Waals surface area contributed by atoms with Crippen molar-refractivity contribution in [2.45, 2.75) is 39.8 Å². The van der Waals surface area contributed by atoms with Gasteiger partial charge in [0.2, 0.25) is 0 Å². The van der Waals surface area contributed by atoms with Crippen LogP contribution in [0.1, 0.15) is 33.3 Å². The number of benzene rings is 1. The normalized spacial score (nSPS) is 11.0. The van der Waals surface area contributed by atoms with Crippen molar-refractivity contribution in [1.82, 2.24) is 10.7 Å². The number of thiocarbonyl (C=S) groups is 1. The van der Waals surface area contributed by atoms with Gasteiger partial charge in [-0.1, -0.05) is 6.07 Å². The number of hydrogen-bond donors (Lipinski definition) is 2. The van der Waals surface area contributed by atoms with E-state index < -0.39 is 0 Å². The molecular weight excluding hydrogens is 286 g/mol. The molecule has 0 spiro atoms. The molecule has 6 heteroatoms. The average molecular weight is 309 g/mol. The van der Waals surface area contributed by atoms with Gasteiger partial charge in [0.05, 0.1) is 19.4 Å². The molecule has 0 fully saturated rings. The van der Waals surface area contributed by atoms with Crippen LogP contribution in [-0.4, -0.2) is 30.6 Å². The Morgan fingerprint density at radius 3 is 2.57 bits per heavy atom. The molecule has 0 saturated carbocycles. The van der Waals surface area contributed by atoms with E-state index in [0.29, 0.717) is 16.6 Å². The first-order valence-corrected chi connectivity index (χ1v) is 7.28. The zero-order chi connectivity index (χ0) is 15.8. The van der Waals surface area contributed by atoms with Crippen LogP contribution in [0.2, 0.25) is 0 Å². The van der Waals surface area contributed by atoms with Crippen molar-refractivity contribution in [3.63, 3.8) is 0 Å². The second-order valence-corrected chi connectivity index (χ2v) is 5.45. The van der Waals surface area contributed by atoms with E-state index in [2.05, 4.69) is 15.8 Å². The molecule has 0 aliphatic heterocycles. The third-order valence-corrected chi connectivity index (χ3v) is 2.58. The summed E-state index contributed by atoms with van der Waals surface area (Å²) in [6.45, 7) is 7.95. The Balaban J connectivity index is 2.84. The van der Waals surface area contributed by atoms with Gasteiger partial charge < -0.3 is 14.8 Å². The molecule has 2 N–H and O–H groups in total. The summed E-state index contributed by atoms with van der Waals surface area (Å²) < 4.78 is 11.1. The van der Waals surface area contributed by atoms with E-state index in [1.165, 1.54) is 0 Å². The van der Waals surface area contributed by atoms with Crippen LogP contribution >= 0.6 is 12.2 Å². The molecule has 0 unspecified atom stereocenters. The van der Waals surface area contributed by atoms with Crippen LogP contribution in [0.3, 0.4) is 0 Å².